The van der Waals surface area contributed by atoms with Gasteiger partial charge in [0.25, 0.3) is 0 Å². The molecule has 0 fully saturated rings. The van der Waals surface area contributed by atoms with Gasteiger partial charge in [-0.1, -0.05) is 6.07 Å². The fraction of sp³-hybridized carbons (Fsp3) is 0.300. The van der Waals surface area contributed by atoms with Crippen LogP contribution in [0.25, 0.3) is 0 Å². The molecule has 0 aromatic heterocycles. The Morgan fingerprint density at radius 2 is 2.15 bits per heavy atom. The van der Waals surface area contributed by atoms with Gasteiger partial charge in [0.15, 0.2) is 0 Å². The molecule has 1 radical (unpaired) electrons. The predicted octanol–water partition coefficient (Wildman–Crippen LogP) is 1.81. The summed E-state index contributed by atoms with van der Waals surface area (Å²) in [5.74, 6) is -0.570. The van der Waals surface area contributed by atoms with Crippen LogP contribution in [0, 0.1) is 19.9 Å². The van der Waals surface area contributed by atoms with E-state index >= 15 is 0 Å². The summed E-state index contributed by atoms with van der Waals surface area (Å²) < 4.78 is 5.01. The van der Waals surface area contributed by atoms with Crippen molar-refractivity contribution in [3.63, 3.8) is 0 Å². The third-order valence-corrected chi connectivity index (χ3v) is 1.89. The van der Waals surface area contributed by atoms with Crippen LogP contribution < -0.4 is 4.74 Å². The normalized spacial score (nSPS) is 9.77. The van der Waals surface area contributed by atoms with E-state index in [0.29, 0.717) is 16.9 Å². The van der Waals surface area contributed by atoms with Gasteiger partial charge in [-0.2, -0.15) is 0 Å². The number of ether oxygens (including phenoxy) is 1. The molecule has 0 saturated carbocycles. The summed E-state index contributed by atoms with van der Waals surface area (Å²) in [6.45, 7) is 3.49. The second kappa shape index (κ2) is 3.47. The van der Waals surface area contributed by atoms with Gasteiger partial charge in [-0.05, 0) is 31.0 Å². The highest BCUT2D eigenvalue weighted by Gasteiger charge is 2.15. The number of methoxy groups -OCH3 is 1. The van der Waals surface area contributed by atoms with Crippen LogP contribution in [-0.2, 0) is 0 Å². The summed E-state index contributed by atoms with van der Waals surface area (Å²) in [5, 5.41) is 8.91. The molecule has 0 bridgehead atoms. The number of carbonyl (C=O) groups is 1. The summed E-state index contributed by atoms with van der Waals surface area (Å²) in [6, 6.07) is 4.58. The van der Waals surface area contributed by atoms with Crippen molar-refractivity contribution >= 4 is 5.97 Å². The maximum absolute atomic E-state index is 10.9. The van der Waals surface area contributed by atoms with Crippen molar-refractivity contribution in [1.82, 2.24) is 0 Å². The Morgan fingerprint density at radius 1 is 1.54 bits per heavy atom. The van der Waals surface area contributed by atoms with Crippen molar-refractivity contribution in [3.05, 3.63) is 28.8 Å². The molecule has 0 saturated heterocycles. The molecule has 1 aromatic rings. The van der Waals surface area contributed by atoms with Crippen LogP contribution in [0.15, 0.2) is 6.07 Å². The second-order valence-corrected chi connectivity index (χ2v) is 2.81. The van der Waals surface area contributed by atoms with Crippen molar-refractivity contribution in [2.45, 2.75) is 13.8 Å². The van der Waals surface area contributed by atoms with Crippen LogP contribution in [0.1, 0.15) is 21.5 Å². The highest BCUT2D eigenvalue weighted by Crippen LogP contribution is 2.25. The third-order valence-electron chi connectivity index (χ3n) is 1.89. The molecule has 0 heterocycles. The lowest BCUT2D eigenvalue weighted by Crippen LogP contribution is -2.04. The molecule has 13 heavy (non-hydrogen) atoms. The van der Waals surface area contributed by atoms with Crippen molar-refractivity contribution < 1.29 is 14.6 Å². The molecule has 0 spiro atoms. The van der Waals surface area contributed by atoms with E-state index in [9.17, 15) is 4.79 Å². The van der Waals surface area contributed by atoms with E-state index < -0.39 is 5.97 Å². The molecule has 69 valence electrons. The van der Waals surface area contributed by atoms with E-state index in [1.54, 1.807) is 19.9 Å². The summed E-state index contributed by atoms with van der Waals surface area (Å²) in [5.41, 5.74) is 1.60. The highest BCUT2D eigenvalue weighted by molar-refractivity contribution is 5.93. The molecule has 3 nitrogen and oxygen atoms in total. The van der Waals surface area contributed by atoms with E-state index in [1.807, 2.05) is 0 Å². The number of aryl methyl sites for hydroxylation is 2. The monoisotopic (exact) mass is 179 g/mol. The Hall–Kier alpha value is -1.51. The van der Waals surface area contributed by atoms with E-state index in [2.05, 4.69) is 6.07 Å². The van der Waals surface area contributed by atoms with Crippen LogP contribution in [0.4, 0.5) is 0 Å². The number of rotatable bonds is 2. The van der Waals surface area contributed by atoms with E-state index in [0.717, 1.165) is 0 Å². The van der Waals surface area contributed by atoms with Crippen molar-refractivity contribution in [2.24, 2.45) is 0 Å². The van der Waals surface area contributed by atoms with Crippen LogP contribution >= 0.6 is 0 Å². The first-order chi connectivity index (χ1) is 6.07. The molecule has 0 unspecified atom stereocenters. The molecule has 1 rings (SSSR count). The average molecular weight is 179 g/mol. The zero-order valence-electron chi connectivity index (χ0n) is 7.84. The zero-order valence-corrected chi connectivity index (χ0v) is 7.84. The summed E-state index contributed by atoms with van der Waals surface area (Å²) in [6.07, 6.45) is 0. The molecule has 0 aliphatic heterocycles. The van der Waals surface area contributed by atoms with Crippen LogP contribution in [0.3, 0.4) is 0 Å². The highest BCUT2D eigenvalue weighted by atomic mass is 16.5. The molecule has 0 amide bonds. The fourth-order valence-corrected chi connectivity index (χ4v) is 1.24. The van der Waals surface area contributed by atoms with Crippen LogP contribution in [-0.4, -0.2) is 18.2 Å². The zero-order chi connectivity index (χ0) is 10.0. The second-order valence-electron chi connectivity index (χ2n) is 2.81. The lowest BCUT2D eigenvalue weighted by Gasteiger charge is -2.09. The lowest BCUT2D eigenvalue weighted by molar-refractivity contribution is 0.0692. The molecular formula is C10H11O3. The van der Waals surface area contributed by atoms with Gasteiger partial charge in [0.1, 0.15) is 11.3 Å². The van der Waals surface area contributed by atoms with E-state index in [1.165, 1.54) is 7.11 Å². The topological polar surface area (TPSA) is 46.5 Å². The van der Waals surface area contributed by atoms with E-state index in [4.69, 9.17) is 9.84 Å². The van der Waals surface area contributed by atoms with Crippen molar-refractivity contribution in [3.8, 4) is 5.75 Å². The maximum Gasteiger partial charge on any atom is 0.339 e. The van der Waals surface area contributed by atoms with Gasteiger partial charge in [0.2, 0.25) is 0 Å². The number of carboxylic acid groups (broad SMARTS) is 1. The quantitative estimate of drug-likeness (QED) is 0.753. The Bertz CT molecular complexity index is 342. The standard InChI is InChI=1S/C10H11O3/c1-6-4-5-7(2)9(13-3)8(6)10(11)12/h4H,1-3H3,(H,11,12). The van der Waals surface area contributed by atoms with Gasteiger partial charge in [-0.25, -0.2) is 4.79 Å². The van der Waals surface area contributed by atoms with Crippen molar-refractivity contribution in [1.29, 1.82) is 0 Å². The predicted molar refractivity (Wildman–Crippen MR) is 48.3 cm³/mol. The fourth-order valence-electron chi connectivity index (χ4n) is 1.24. The van der Waals surface area contributed by atoms with Gasteiger partial charge in [0.05, 0.1) is 7.11 Å². The number of benzene rings is 1. The summed E-state index contributed by atoms with van der Waals surface area (Å²) >= 11 is 0. The molecule has 1 aromatic carbocycles. The minimum atomic E-state index is -0.966. The third kappa shape index (κ3) is 1.64. The number of hydrogen-bond acceptors (Lipinski definition) is 2. The minimum absolute atomic E-state index is 0.221. The van der Waals surface area contributed by atoms with Crippen LogP contribution in [0.2, 0.25) is 0 Å². The minimum Gasteiger partial charge on any atom is -0.496 e. The van der Waals surface area contributed by atoms with Gasteiger partial charge >= 0.3 is 5.97 Å². The summed E-state index contributed by atoms with van der Waals surface area (Å²) in [4.78, 5) is 10.9. The Morgan fingerprint density at radius 3 is 2.54 bits per heavy atom. The first kappa shape index (κ1) is 9.58. The molecule has 1 N–H and O–H groups in total. The maximum atomic E-state index is 10.9. The molecule has 0 aliphatic carbocycles. The van der Waals surface area contributed by atoms with Gasteiger partial charge < -0.3 is 9.84 Å². The van der Waals surface area contributed by atoms with E-state index in [-0.39, 0.29) is 5.56 Å². The Kier molecular flexibility index (Phi) is 2.56. The smallest absolute Gasteiger partial charge is 0.339 e. The Labute approximate surface area is 77.0 Å². The number of carboxylic acids is 1. The van der Waals surface area contributed by atoms with Gasteiger partial charge in [0, 0.05) is 0 Å². The average Bonchev–Trinajstić information content (AvgIpc) is 2.07. The molecule has 0 aliphatic rings. The molecular weight excluding hydrogens is 168 g/mol. The lowest BCUT2D eigenvalue weighted by atomic mass is 10.0. The molecule has 3 heteroatoms. The SMILES string of the molecule is COc1c(C)[c]cc(C)c1C(=O)O. The molecule has 0 atom stereocenters. The van der Waals surface area contributed by atoms with Crippen molar-refractivity contribution in [2.75, 3.05) is 7.11 Å². The first-order valence-corrected chi connectivity index (χ1v) is 3.87. The first-order valence-electron chi connectivity index (χ1n) is 3.87. The van der Waals surface area contributed by atoms with Crippen LogP contribution in [0.5, 0.6) is 5.75 Å². The van der Waals surface area contributed by atoms with Gasteiger partial charge in [-0.15, -0.1) is 0 Å². The number of hydrogen-bond donors (Lipinski definition) is 1. The number of aromatic carboxylic acids is 1. The summed E-state index contributed by atoms with van der Waals surface area (Å²) in [7, 11) is 1.46. The Balaban J connectivity index is 3.43. The van der Waals surface area contributed by atoms with Gasteiger partial charge in [-0.3, -0.25) is 0 Å². The largest absolute Gasteiger partial charge is 0.496 e.